The predicted octanol–water partition coefficient (Wildman–Crippen LogP) is 7.38. The molecule has 0 saturated heterocycles. The molecular weight excluding hydrogens is 336 g/mol. The molecule has 166 valence electrons. The van der Waals surface area contributed by atoms with E-state index < -0.39 is 6.29 Å². The molecule has 3 heteroatoms. The summed E-state index contributed by atoms with van der Waals surface area (Å²) in [4.78, 5) is 0. The minimum absolute atomic E-state index is 0.486. The summed E-state index contributed by atoms with van der Waals surface area (Å²) in [5.41, 5.74) is 0. The molecule has 27 heavy (non-hydrogen) atoms. The third kappa shape index (κ3) is 33.9. The Morgan fingerprint density at radius 2 is 0.815 bits per heavy atom. The lowest BCUT2D eigenvalue weighted by atomic mass is 10.1. The fraction of sp³-hybridized carbons (Fsp3) is 1.00. The maximum atomic E-state index is 8.11. The van der Waals surface area contributed by atoms with Crippen molar-refractivity contribution in [2.24, 2.45) is 0 Å². The molecule has 0 amide bonds. The first kappa shape index (κ1) is 29.1. The van der Waals surface area contributed by atoms with Gasteiger partial charge < -0.3 is 14.9 Å². The highest BCUT2D eigenvalue weighted by molar-refractivity contribution is 4.47. The Bertz CT molecular complexity index is 214. The molecule has 0 bridgehead atoms. The molecule has 0 aliphatic carbocycles. The molecule has 0 spiro atoms. The van der Waals surface area contributed by atoms with Gasteiger partial charge >= 0.3 is 0 Å². The number of unbranched alkanes of at least 4 members (excludes halogenated alkanes) is 14. The summed E-state index contributed by atoms with van der Waals surface area (Å²) < 4.78 is 5.72. The van der Waals surface area contributed by atoms with Crippen LogP contribution in [0.25, 0.3) is 0 Å². The normalized spacial score (nSPS) is 10.9. The number of aliphatic hydroxyl groups is 2. The molecular formula is C24H52O3. The number of hydrogen-bond donors (Lipinski definition) is 2. The van der Waals surface area contributed by atoms with Gasteiger partial charge in [0.25, 0.3) is 0 Å². The van der Waals surface area contributed by atoms with Gasteiger partial charge in [-0.3, -0.25) is 0 Å². The van der Waals surface area contributed by atoms with Gasteiger partial charge in [-0.05, 0) is 19.3 Å². The quantitative estimate of drug-likeness (QED) is 0.169. The van der Waals surface area contributed by atoms with E-state index in [2.05, 4.69) is 13.8 Å². The van der Waals surface area contributed by atoms with Gasteiger partial charge in [-0.15, -0.1) is 0 Å². The molecule has 0 fully saturated rings. The summed E-state index contributed by atoms with van der Waals surface area (Å²) in [6.07, 6.45) is 22.4. The van der Waals surface area contributed by atoms with Crippen molar-refractivity contribution >= 4 is 0 Å². The van der Waals surface area contributed by atoms with Crippen molar-refractivity contribution < 1.29 is 14.9 Å². The molecule has 0 aliphatic heterocycles. The molecule has 0 unspecified atom stereocenters. The molecule has 0 aromatic heterocycles. The Kier molecular flexibility index (Phi) is 30.3. The van der Waals surface area contributed by atoms with Gasteiger partial charge in [-0.1, -0.05) is 117 Å². The van der Waals surface area contributed by atoms with Crippen LogP contribution in [0.4, 0.5) is 0 Å². The maximum Gasteiger partial charge on any atom is 0.151 e. The fourth-order valence-corrected chi connectivity index (χ4v) is 3.04. The number of aliphatic hydroxyl groups excluding tert-OH is 1. The lowest BCUT2D eigenvalue weighted by molar-refractivity contribution is -0.0453. The van der Waals surface area contributed by atoms with Crippen LogP contribution in [-0.4, -0.2) is 29.7 Å². The minimum Gasteiger partial charge on any atom is -0.381 e. The van der Waals surface area contributed by atoms with Crippen LogP contribution in [0, 0.1) is 0 Å². The van der Waals surface area contributed by atoms with Crippen molar-refractivity contribution in [3.63, 3.8) is 0 Å². The van der Waals surface area contributed by atoms with Gasteiger partial charge in [0.2, 0.25) is 0 Å². The minimum atomic E-state index is -1.10. The first-order chi connectivity index (χ1) is 13.2. The molecule has 0 aromatic carbocycles. The van der Waals surface area contributed by atoms with Crippen LogP contribution in [0.15, 0.2) is 0 Å². The monoisotopic (exact) mass is 388 g/mol. The highest BCUT2D eigenvalue weighted by Crippen LogP contribution is 2.10. The van der Waals surface area contributed by atoms with Gasteiger partial charge in [0.15, 0.2) is 6.29 Å². The Balaban J connectivity index is 0. The third-order valence-electron chi connectivity index (χ3n) is 4.83. The summed E-state index contributed by atoms with van der Waals surface area (Å²) in [5.74, 6) is 0. The van der Waals surface area contributed by atoms with E-state index in [9.17, 15) is 0 Å². The van der Waals surface area contributed by atoms with Crippen molar-refractivity contribution in [2.75, 3.05) is 13.2 Å². The zero-order valence-corrected chi connectivity index (χ0v) is 19.0. The van der Waals surface area contributed by atoms with Gasteiger partial charge in [0, 0.05) is 13.2 Å². The van der Waals surface area contributed by atoms with E-state index in [4.69, 9.17) is 14.9 Å². The standard InChI is InChI=1S/C20H42O.C4H10O2/c1-3-5-7-9-11-13-15-17-19-21-20-18-16-14-12-10-8-6-4-2;1-2-3-4(5)6/h3-20H2,1-2H3;4-6H,2-3H2,1H3. The number of rotatable bonds is 20. The van der Waals surface area contributed by atoms with Crippen LogP contribution in [0.1, 0.15) is 136 Å². The van der Waals surface area contributed by atoms with Gasteiger partial charge in [-0.2, -0.15) is 0 Å². The van der Waals surface area contributed by atoms with Crippen LogP contribution < -0.4 is 0 Å². The lowest BCUT2D eigenvalue weighted by Crippen LogP contribution is -2.01. The van der Waals surface area contributed by atoms with E-state index in [1.165, 1.54) is 103 Å². The SMILES string of the molecule is CCCC(O)O.CCCCCCCCCCOCCCCCCCCCC. The number of hydrogen-bond acceptors (Lipinski definition) is 3. The van der Waals surface area contributed by atoms with Gasteiger partial charge in [0.05, 0.1) is 0 Å². The largest absolute Gasteiger partial charge is 0.381 e. The molecule has 0 heterocycles. The molecule has 2 N–H and O–H groups in total. The zero-order chi connectivity index (χ0) is 20.4. The molecule has 3 nitrogen and oxygen atoms in total. The maximum absolute atomic E-state index is 8.11. The topological polar surface area (TPSA) is 49.7 Å². The zero-order valence-electron chi connectivity index (χ0n) is 19.0. The van der Waals surface area contributed by atoms with E-state index >= 15 is 0 Å². The van der Waals surface area contributed by atoms with Crippen LogP contribution in [0.3, 0.4) is 0 Å². The Hall–Kier alpha value is -0.120. The summed E-state index contributed by atoms with van der Waals surface area (Å²) in [6, 6.07) is 0. The van der Waals surface area contributed by atoms with Crippen molar-refractivity contribution in [2.45, 2.75) is 143 Å². The molecule has 0 atom stereocenters. The van der Waals surface area contributed by atoms with Crippen molar-refractivity contribution in [1.82, 2.24) is 0 Å². The first-order valence-electron chi connectivity index (χ1n) is 12.1. The van der Waals surface area contributed by atoms with E-state index in [1.54, 1.807) is 0 Å². The predicted molar refractivity (Wildman–Crippen MR) is 119 cm³/mol. The van der Waals surface area contributed by atoms with Crippen LogP contribution in [0.5, 0.6) is 0 Å². The van der Waals surface area contributed by atoms with Gasteiger partial charge in [0.1, 0.15) is 0 Å². The molecule has 0 aromatic rings. The highest BCUT2D eigenvalue weighted by atomic mass is 16.5. The number of ether oxygens (including phenoxy) is 1. The second-order valence-corrected chi connectivity index (χ2v) is 7.83. The molecule has 0 saturated carbocycles. The van der Waals surface area contributed by atoms with Gasteiger partial charge in [-0.25, -0.2) is 0 Å². The van der Waals surface area contributed by atoms with Crippen molar-refractivity contribution in [3.8, 4) is 0 Å². The second kappa shape index (κ2) is 28.1. The summed E-state index contributed by atoms with van der Waals surface area (Å²) in [7, 11) is 0. The Morgan fingerprint density at radius 3 is 1.07 bits per heavy atom. The van der Waals surface area contributed by atoms with E-state index in [1.807, 2.05) is 6.92 Å². The third-order valence-corrected chi connectivity index (χ3v) is 4.83. The van der Waals surface area contributed by atoms with Crippen molar-refractivity contribution in [1.29, 1.82) is 0 Å². The fourth-order valence-electron chi connectivity index (χ4n) is 3.04. The molecule has 0 radical (unpaired) electrons. The van der Waals surface area contributed by atoms with E-state index in [0.717, 1.165) is 19.6 Å². The first-order valence-corrected chi connectivity index (χ1v) is 12.1. The average molecular weight is 389 g/mol. The molecule has 0 aliphatic rings. The van der Waals surface area contributed by atoms with Crippen LogP contribution in [0.2, 0.25) is 0 Å². The lowest BCUT2D eigenvalue weighted by Gasteiger charge is -2.05. The molecule has 0 rings (SSSR count). The summed E-state index contributed by atoms with van der Waals surface area (Å²) in [5, 5.41) is 16.2. The van der Waals surface area contributed by atoms with Crippen LogP contribution in [-0.2, 0) is 4.74 Å². The Morgan fingerprint density at radius 1 is 0.481 bits per heavy atom. The van der Waals surface area contributed by atoms with Crippen molar-refractivity contribution in [3.05, 3.63) is 0 Å². The van der Waals surface area contributed by atoms with E-state index in [-0.39, 0.29) is 0 Å². The van der Waals surface area contributed by atoms with Crippen LogP contribution >= 0.6 is 0 Å². The summed E-state index contributed by atoms with van der Waals surface area (Å²) in [6.45, 7) is 8.45. The average Bonchev–Trinajstić information content (AvgIpc) is 2.65. The van der Waals surface area contributed by atoms with E-state index in [0.29, 0.717) is 6.42 Å². The summed E-state index contributed by atoms with van der Waals surface area (Å²) >= 11 is 0. The second-order valence-electron chi connectivity index (χ2n) is 7.83. The highest BCUT2D eigenvalue weighted by Gasteiger charge is 1.94. The smallest absolute Gasteiger partial charge is 0.151 e. The Labute approximate surface area is 171 Å².